The maximum atomic E-state index is 12.6. The molecule has 11 heteroatoms. The number of carboxylic acid groups (broad SMARTS) is 1. The van der Waals surface area contributed by atoms with Crippen molar-refractivity contribution in [2.24, 2.45) is 5.41 Å². The van der Waals surface area contributed by atoms with Crippen molar-refractivity contribution < 1.29 is 35.7 Å². The zero-order valence-corrected chi connectivity index (χ0v) is 14.5. The van der Waals surface area contributed by atoms with Crippen LogP contribution in [0.2, 0.25) is 0 Å². The number of aromatic nitrogens is 1. The van der Waals surface area contributed by atoms with E-state index in [1.54, 1.807) is 20.8 Å². The third-order valence-electron chi connectivity index (χ3n) is 4.24. The molecule has 1 atom stereocenters. The first-order chi connectivity index (χ1) is 11.2. The molecule has 25 heavy (non-hydrogen) atoms. The smallest absolute Gasteiger partial charge is 0.433 e. The second-order valence-corrected chi connectivity index (χ2v) is 8.23. The predicted molar refractivity (Wildman–Crippen MR) is 79.9 cm³/mol. The van der Waals surface area contributed by atoms with Gasteiger partial charge in [0.15, 0.2) is 0 Å². The van der Waals surface area contributed by atoms with Gasteiger partial charge < -0.3 is 5.11 Å². The molecule has 1 saturated heterocycles. The highest BCUT2D eigenvalue weighted by molar-refractivity contribution is 7.85. The summed E-state index contributed by atoms with van der Waals surface area (Å²) in [5, 5.41) is 9.38. The molecule has 0 unspecified atom stereocenters. The standard InChI is InChI=1S/C14H17F3N2O5S/c1-12(2,3)13(8-24-25(22,23)19(13)11(20)21)6-9-4-5-10(18-7-9)14(15,16)17/h4-5,7H,6,8H2,1-3H3,(H,20,21)/t13-/m1/s1. The van der Waals surface area contributed by atoms with Gasteiger partial charge in [-0.2, -0.15) is 25.9 Å². The molecule has 0 saturated carbocycles. The lowest BCUT2D eigenvalue weighted by Crippen LogP contribution is -2.59. The summed E-state index contributed by atoms with van der Waals surface area (Å²) < 4.78 is 66.8. The third-order valence-corrected chi connectivity index (χ3v) is 5.61. The van der Waals surface area contributed by atoms with Crippen molar-refractivity contribution in [2.45, 2.75) is 38.9 Å². The minimum Gasteiger partial charge on any atom is -0.464 e. The summed E-state index contributed by atoms with van der Waals surface area (Å²) in [4.78, 5) is 14.9. The van der Waals surface area contributed by atoms with Crippen molar-refractivity contribution in [1.29, 1.82) is 0 Å². The van der Waals surface area contributed by atoms with E-state index in [0.29, 0.717) is 0 Å². The van der Waals surface area contributed by atoms with Gasteiger partial charge in [-0.1, -0.05) is 26.8 Å². The molecule has 1 aliphatic rings. The zero-order valence-electron chi connectivity index (χ0n) is 13.7. The summed E-state index contributed by atoms with van der Waals surface area (Å²) in [5.74, 6) is 0. The van der Waals surface area contributed by atoms with E-state index in [2.05, 4.69) is 4.98 Å². The second-order valence-electron chi connectivity index (χ2n) is 6.77. The van der Waals surface area contributed by atoms with E-state index < -0.39 is 45.8 Å². The first kappa shape index (κ1) is 19.4. The van der Waals surface area contributed by atoms with E-state index in [0.717, 1.165) is 18.3 Å². The van der Waals surface area contributed by atoms with Crippen LogP contribution in [0.4, 0.5) is 18.0 Å². The summed E-state index contributed by atoms with van der Waals surface area (Å²) in [6.07, 6.45) is -5.53. The van der Waals surface area contributed by atoms with Gasteiger partial charge in [0.05, 0.1) is 12.1 Å². The summed E-state index contributed by atoms with van der Waals surface area (Å²) in [7, 11) is -4.50. The SMILES string of the molecule is CC(C)(C)[C@@]1(Cc2ccc(C(F)(F)F)nc2)COS(=O)(=O)N1C(=O)O. The Hall–Kier alpha value is -1.88. The fraction of sp³-hybridized carbons (Fsp3) is 0.571. The Kier molecular flexibility index (Phi) is 4.54. The largest absolute Gasteiger partial charge is 0.464 e. The summed E-state index contributed by atoms with van der Waals surface area (Å²) in [6.45, 7) is 4.45. The highest BCUT2D eigenvalue weighted by Gasteiger charge is 2.60. The molecule has 0 aliphatic carbocycles. The van der Waals surface area contributed by atoms with E-state index in [1.807, 2.05) is 0 Å². The molecule has 1 aromatic rings. The van der Waals surface area contributed by atoms with Gasteiger partial charge in [-0.05, 0) is 17.0 Å². The summed E-state index contributed by atoms with van der Waals surface area (Å²) in [6, 6.07) is 1.91. The molecule has 0 radical (unpaired) electrons. The average molecular weight is 382 g/mol. The van der Waals surface area contributed by atoms with Crippen LogP contribution in [0.1, 0.15) is 32.0 Å². The van der Waals surface area contributed by atoms with Crippen LogP contribution in [-0.2, 0) is 27.1 Å². The number of pyridine rings is 1. The highest BCUT2D eigenvalue weighted by atomic mass is 32.2. The van der Waals surface area contributed by atoms with Gasteiger partial charge in [-0.15, -0.1) is 0 Å². The van der Waals surface area contributed by atoms with E-state index in [9.17, 15) is 31.5 Å². The molecule has 2 rings (SSSR count). The van der Waals surface area contributed by atoms with Gasteiger partial charge in [-0.25, -0.2) is 4.79 Å². The zero-order chi connectivity index (χ0) is 19.3. The molecular formula is C14H17F3N2O5S. The molecule has 7 nitrogen and oxygen atoms in total. The quantitative estimate of drug-likeness (QED) is 0.845. The molecule has 1 amide bonds. The topological polar surface area (TPSA) is 96.8 Å². The van der Waals surface area contributed by atoms with E-state index >= 15 is 0 Å². The van der Waals surface area contributed by atoms with Gasteiger partial charge in [-0.3, -0.25) is 9.17 Å². The molecule has 0 bridgehead atoms. The van der Waals surface area contributed by atoms with Crippen molar-refractivity contribution in [3.05, 3.63) is 29.6 Å². The Labute approximate surface area is 142 Å². The van der Waals surface area contributed by atoms with Gasteiger partial charge in [0.2, 0.25) is 0 Å². The Balaban J connectivity index is 2.49. The molecule has 1 N–H and O–H groups in total. The minimum atomic E-state index is -4.60. The fourth-order valence-corrected chi connectivity index (χ4v) is 4.18. The normalized spacial score (nSPS) is 23.7. The van der Waals surface area contributed by atoms with Crippen LogP contribution in [0.15, 0.2) is 18.3 Å². The van der Waals surface area contributed by atoms with E-state index in [1.165, 1.54) is 0 Å². The van der Waals surface area contributed by atoms with Gasteiger partial charge in [0.25, 0.3) is 0 Å². The van der Waals surface area contributed by atoms with E-state index in [-0.39, 0.29) is 16.3 Å². The molecular weight excluding hydrogens is 365 g/mol. The number of alkyl halides is 3. The second kappa shape index (κ2) is 5.84. The maximum Gasteiger partial charge on any atom is 0.433 e. The van der Waals surface area contributed by atoms with Crippen molar-refractivity contribution >= 4 is 16.4 Å². The molecule has 2 heterocycles. The maximum absolute atomic E-state index is 12.6. The number of hydrogen-bond donors (Lipinski definition) is 1. The molecule has 1 aromatic heterocycles. The molecule has 0 aromatic carbocycles. The van der Waals surface area contributed by atoms with Crippen molar-refractivity contribution in [2.75, 3.05) is 6.61 Å². The average Bonchev–Trinajstić information content (AvgIpc) is 2.70. The highest BCUT2D eigenvalue weighted by Crippen LogP contribution is 2.45. The van der Waals surface area contributed by atoms with Crippen LogP contribution in [0.3, 0.4) is 0 Å². The fourth-order valence-electron chi connectivity index (χ4n) is 2.72. The third kappa shape index (κ3) is 3.43. The lowest BCUT2D eigenvalue weighted by Gasteiger charge is -2.43. The first-order valence-corrected chi connectivity index (χ1v) is 8.52. The number of amides is 1. The van der Waals surface area contributed by atoms with Crippen LogP contribution in [0.25, 0.3) is 0 Å². The van der Waals surface area contributed by atoms with Crippen molar-refractivity contribution in [3.8, 4) is 0 Å². The minimum absolute atomic E-state index is 0.173. The van der Waals surface area contributed by atoms with Crippen molar-refractivity contribution in [1.82, 2.24) is 9.29 Å². The first-order valence-electron chi connectivity index (χ1n) is 7.15. The number of halogens is 3. The van der Waals surface area contributed by atoms with E-state index in [4.69, 9.17) is 4.18 Å². The van der Waals surface area contributed by atoms with Crippen LogP contribution in [0, 0.1) is 5.41 Å². The summed E-state index contributed by atoms with van der Waals surface area (Å²) in [5.41, 5.74) is -3.24. The van der Waals surface area contributed by atoms with Gasteiger partial charge in [0, 0.05) is 12.6 Å². The molecule has 140 valence electrons. The van der Waals surface area contributed by atoms with Crippen LogP contribution < -0.4 is 0 Å². The number of carbonyl (C=O) groups is 1. The summed E-state index contributed by atoms with van der Waals surface area (Å²) >= 11 is 0. The Morgan fingerprint density at radius 2 is 1.96 bits per heavy atom. The Morgan fingerprint density at radius 1 is 1.36 bits per heavy atom. The van der Waals surface area contributed by atoms with Crippen LogP contribution in [-0.4, -0.2) is 41.1 Å². The molecule has 0 spiro atoms. The Morgan fingerprint density at radius 3 is 2.36 bits per heavy atom. The number of nitrogens with zero attached hydrogens (tertiary/aromatic N) is 2. The molecule has 1 aliphatic heterocycles. The van der Waals surface area contributed by atoms with Crippen LogP contribution >= 0.6 is 0 Å². The van der Waals surface area contributed by atoms with Crippen LogP contribution in [0.5, 0.6) is 0 Å². The predicted octanol–water partition coefficient (Wildman–Crippen LogP) is 2.68. The van der Waals surface area contributed by atoms with Crippen molar-refractivity contribution in [3.63, 3.8) is 0 Å². The lowest BCUT2D eigenvalue weighted by molar-refractivity contribution is -0.141. The number of rotatable bonds is 2. The monoisotopic (exact) mass is 382 g/mol. The molecule has 1 fully saturated rings. The Bertz CT molecular complexity index is 771. The van der Waals surface area contributed by atoms with Gasteiger partial charge >= 0.3 is 22.6 Å². The van der Waals surface area contributed by atoms with Gasteiger partial charge in [0.1, 0.15) is 5.69 Å². The number of hydrogen-bond acceptors (Lipinski definition) is 5. The lowest BCUT2D eigenvalue weighted by atomic mass is 9.70.